The van der Waals surface area contributed by atoms with Gasteiger partial charge in [-0.1, -0.05) is 0 Å². The van der Waals surface area contributed by atoms with Crippen LogP contribution in [0, 0.1) is 0 Å². The molecule has 2 atom stereocenters. The molecule has 3 heteroatoms. The molecule has 0 spiro atoms. The van der Waals surface area contributed by atoms with Crippen molar-refractivity contribution in [3.8, 4) is 0 Å². The van der Waals surface area contributed by atoms with Crippen LogP contribution < -0.4 is 5.73 Å². The number of rotatable bonds is 0. The van der Waals surface area contributed by atoms with Gasteiger partial charge < -0.3 is 10.8 Å². The van der Waals surface area contributed by atoms with Gasteiger partial charge in [0, 0.05) is 6.04 Å². The molecule has 0 saturated carbocycles. The first-order valence-corrected chi connectivity index (χ1v) is 3.21. The van der Waals surface area contributed by atoms with Crippen molar-refractivity contribution in [1.82, 2.24) is 0 Å². The van der Waals surface area contributed by atoms with E-state index in [9.17, 15) is 0 Å². The summed E-state index contributed by atoms with van der Waals surface area (Å²) in [6, 6.07) is 0.299. The number of hydrogen-bond acceptors (Lipinski definition) is 3. The van der Waals surface area contributed by atoms with Gasteiger partial charge in [0.1, 0.15) is 11.9 Å². The normalized spacial score (nSPS) is 36.0. The molecule has 3 N–H and O–H groups in total. The van der Waals surface area contributed by atoms with Gasteiger partial charge in [0.05, 0.1) is 0 Å². The summed E-state index contributed by atoms with van der Waals surface area (Å²) >= 11 is 0. The highest BCUT2D eigenvalue weighted by Gasteiger charge is 2.16. The lowest BCUT2D eigenvalue weighted by atomic mass is 10.1. The molecule has 0 bridgehead atoms. The average Bonchev–Trinajstić information content (AvgIpc) is 1.80. The predicted molar refractivity (Wildman–Crippen MR) is 36.3 cm³/mol. The standard InChI is InChI=1S/C6H12N2O/c1-4-2-3-5(9)6(7)8-4/h4-5,9H,2-3H2,1H3,(H2,7,8)/t4-,5-/m1/s1. The van der Waals surface area contributed by atoms with Crippen LogP contribution >= 0.6 is 0 Å². The minimum Gasteiger partial charge on any atom is -0.385 e. The molecule has 1 rings (SSSR count). The summed E-state index contributed by atoms with van der Waals surface area (Å²) < 4.78 is 0. The zero-order chi connectivity index (χ0) is 6.85. The molecule has 0 aromatic rings. The van der Waals surface area contributed by atoms with Crippen LogP contribution in [0.5, 0.6) is 0 Å². The molecule has 0 aromatic carbocycles. The number of nitrogens with two attached hydrogens (primary N) is 1. The fraction of sp³-hybridized carbons (Fsp3) is 0.833. The third-order valence-corrected chi connectivity index (χ3v) is 1.57. The van der Waals surface area contributed by atoms with Crippen molar-refractivity contribution < 1.29 is 5.11 Å². The van der Waals surface area contributed by atoms with Crippen LogP contribution in [0.25, 0.3) is 0 Å². The number of nitrogens with zero attached hydrogens (tertiary/aromatic N) is 1. The number of aliphatic hydroxyl groups is 1. The molecule has 0 fully saturated rings. The summed E-state index contributed by atoms with van der Waals surface area (Å²) in [4.78, 5) is 4.01. The number of aliphatic imine (C=N–C) groups is 1. The lowest BCUT2D eigenvalue weighted by Crippen LogP contribution is -2.34. The Bertz CT molecular complexity index is 133. The molecule has 1 aliphatic rings. The summed E-state index contributed by atoms with van der Waals surface area (Å²) in [5, 5.41) is 9.04. The fourth-order valence-corrected chi connectivity index (χ4v) is 0.952. The summed E-state index contributed by atoms with van der Waals surface area (Å²) in [7, 11) is 0. The van der Waals surface area contributed by atoms with Crippen molar-refractivity contribution in [3.05, 3.63) is 0 Å². The molecule has 52 valence electrons. The molecular weight excluding hydrogens is 116 g/mol. The third kappa shape index (κ3) is 1.42. The van der Waals surface area contributed by atoms with Gasteiger partial charge in [0.15, 0.2) is 0 Å². The van der Waals surface area contributed by atoms with E-state index in [1.165, 1.54) is 0 Å². The Balaban J connectivity index is 2.61. The summed E-state index contributed by atoms with van der Waals surface area (Å²) in [6.07, 6.45) is 1.22. The van der Waals surface area contributed by atoms with Gasteiger partial charge in [-0.3, -0.25) is 4.99 Å². The summed E-state index contributed by atoms with van der Waals surface area (Å²) in [5.74, 6) is 0.397. The number of aliphatic hydroxyl groups excluding tert-OH is 1. The van der Waals surface area contributed by atoms with Crippen molar-refractivity contribution in [2.75, 3.05) is 0 Å². The Morgan fingerprint density at radius 3 is 2.78 bits per heavy atom. The maximum atomic E-state index is 9.04. The van der Waals surface area contributed by atoms with Gasteiger partial charge in [0.2, 0.25) is 0 Å². The van der Waals surface area contributed by atoms with Crippen LogP contribution in [0.4, 0.5) is 0 Å². The summed E-state index contributed by atoms with van der Waals surface area (Å²) in [5.41, 5.74) is 5.37. The Morgan fingerprint density at radius 1 is 1.67 bits per heavy atom. The molecule has 0 radical (unpaired) electrons. The van der Waals surface area contributed by atoms with Crippen molar-refractivity contribution in [3.63, 3.8) is 0 Å². The molecule has 3 nitrogen and oxygen atoms in total. The molecule has 0 aliphatic carbocycles. The zero-order valence-corrected chi connectivity index (χ0v) is 5.54. The van der Waals surface area contributed by atoms with Crippen molar-refractivity contribution in [2.24, 2.45) is 10.7 Å². The maximum absolute atomic E-state index is 9.04. The van der Waals surface area contributed by atoms with Crippen molar-refractivity contribution in [1.29, 1.82) is 0 Å². The molecule has 0 amide bonds. The Labute approximate surface area is 54.6 Å². The lowest BCUT2D eigenvalue weighted by molar-refractivity contribution is 0.214. The minimum atomic E-state index is -0.485. The highest BCUT2D eigenvalue weighted by atomic mass is 16.3. The minimum absolute atomic E-state index is 0.299. The molecular formula is C6H12N2O. The Kier molecular flexibility index (Phi) is 1.71. The largest absolute Gasteiger partial charge is 0.385 e. The zero-order valence-electron chi connectivity index (χ0n) is 5.54. The van der Waals surface area contributed by atoms with Gasteiger partial charge in [-0.2, -0.15) is 0 Å². The predicted octanol–water partition coefficient (Wildman–Crippen LogP) is -0.113. The fourth-order valence-electron chi connectivity index (χ4n) is 0.952. The second kappa shape index (κ2) is 2.35. The first kappa shape index (κ1) is 6.55. The van der Waals surface area contributed by atoms with Crippen molar-refractivity contribution >= 4 is 5.84 Å². The molecule has 0 saturated heterocycles. The second-order valence-electron chi connectivity index (χ2n) is 2.50. The van der Waals surface area contributed by atoms with E-state index >= 15 is 0 Å². The molecule has 0 unspecified atom stereocenters. The van der Waals surface area contributed by atoms with Crippen molar-refractivity contribution in [2.45, 2.75) is 31.9 Å². The summed E-state index contributed by atoms with van der Waals surface area (Å²) in [6.45, 7) is 2.00. The van der Waals surface area contributed by atoms with E-state index in [0.29, 0.717) is 11.9 Å². The van der Waals surface area contributed by atoms with Crippen LogP contribution in [0.15, 0.2) is 4.99 Å². The SMILES string of the molecule is C[C@@H]1CC[C@@H](O)C(N)=N1. The topological polar surface area (TPSA) is 58.6 Å². The van der Waals surface area contributed by atoms with Gasteiger partial charge in [-0.05, 0) is 19.8 Å². The van der Waals surface area contributed by atoms with Crippen LogP contribution in [-0.4, -0.2) is 23.1 Å². The van der Waals surface area contributed by atoms with E-state index in [4.69, 9.17) is 10.8 Å². The highest BCUT2D eigenvalue weighted by molar-refractivity contribution is 5.85. The molecule has 9 heavy (non-hydrogen) atoms. The Morgan fingerprint density at radius 2 is 2.33 bits per heavy atom. The molecule has 1 heterocycles. The third-order valence-electron chi connectivity index (χ3n) is 1.57. The van der Waals surface area contributed by atoms with Gasteiger partial charge in [0.25, 0.3) is 0 Å². The van der Waals surface area contributed by atoms with E-state index in [1.54, 1.807) is 0 Å². The van der Waals surface area contributed by atoms with Gasteiger partial charge in [-0.15, -0.1) is 0 Å². The quantitative estimate of drug-likeness (QED) is 0.478. The first-order valence-electron chi connectivity index (χ1n) is 3.21. The van der Waals surface area contributed by atoms with Crippen LogP contribution in [0.2, 0.25) is 0 Å². The molecule has 0 aromatic heterocycles. The maximum Gasteiger partial charge on any atom is 0.123 e. The Hall–Kier alpha value is -0.570. The van der Waals surface area contributed by atoms with E-state index in [2.05, 4.69) is 4.99 Å². The number of amidine groups is 1. The monoisotopic (exact) mass is 128 g/mol. The van der Waals surface area contributed by atoms with E-state index < -0.39 is 6.10 Å². The van der Waals surface area contributed by atoms with Crippen LogP contribution in [0.1, 0.15) is 19.8 Å². The van der Waals surface area contributed by atoms with E-state index in [0.717, 1.165) is 12.8 Å². The molecule has 1 aliphatic heterocycles. The second-order valence-corrected chi connectivity index (χ2v) is 2.50. The van der Waals surface area contributed by atoms with Gasteiger partial charge >= 0.3 is 0 Å². The smallest absolute Gasteiger partial charge is 0.123 e. The van der Waals surface area contributed by atoms with E-state index in [-0.39, 0.29) is 0 Å². The highest BCUT2D eigenvalue weighted by Crippen LogP contribution is 2.10. The van der Waals surface area contributed by atoms with E-state index in [1.807, 2.05) is 6.92 Å². The van der Waals surface area contributed by atoms with Gasteiger partial charge in [-0.25, -0.2) is 0 Å². The lowest BCUT2D eigenvalue weighted by Gasteiger charge is -2.18. The first-order chi connectivity index (χ1) is 4.20. The average molecular weight is 128 g/mol. The number of hydrogen-bond donors (Lipinski definition) is 2. The van der Waals surface area contributed by atoms with Crippen LogP contribution in [-0.2, 0) is 0 Å². The van der Waals surface area contributed by atoms with Crippen LogP contribution in [0.3, 0.4) is 0 Å².